The quantitative estimate of drug-likeness (QED) is 0.341. The number of hydrogen-bond acceptors (Lipinski definition) is 9. The van der Waals surface area contributed by atoms with Gasteiger partial charge < -0.3 is 19.1 Å². The monoisotopic (exact) mass is 610 g/mol. The summed E-state index contributed by atoms with van der Waals surface area (Å²) in [5, 5.41) is 0.573. The second-order valence-corrected chi connectivity index (χ2v) is 13.1. The van der Waals surface area contributed by atoms with E-state index in [4.69, 9.17) is 19.2 Å². The van der Waals surface area contributed by atoms with Crippen molar-refractivity contribution in [2.45, 2.75) is 30.3 Å². The van der Waals surface area contributed by atoms with Crippen LogP contribution < -0.4 is 14.4 Å². The predicted molar refractivity (Wildman–Crippen MR) is 158 cm³/mol. The summed E-state index contributed by atoms with van der Waals surface area (Å²) >= 11 is 1.42. The van der Waals surface area contributed by atoms with Crippen molar-refractivity contribution in [1.29, 1.82) is 0 Å². The van der Waals surface area contributed by atoms with E-state index in [2.05, 4.69) is 4.90 Å². The Kier molecular flexibility index (Phi) is 9.91. The molecule has 40 heavy (non-hydrogen) atoms. The van der Waals surface area contributed by atoms with Crippen LogP contribution in [0.15, 0.2) is 41.3 Å². The minimum Gasteiger partial charge on any atom is -0.486 e. The number of carbonyl (C=O) groups excluding carboxylic acids is 1. The summed E-state index contributed by atoms with van der Waals surface area (Å²) in [6.07, 6.45) is 2.46. The van der Waals surface area contributed by atoms with Gasteiger partial charge in [-0.25, -0.2) is 13.4 Å². The lowest BCUT2D eigenvalue weighted by atomic mass is 10.2. The molecule has 218 valence electrons. The number of likely N-dealkylation sites (N-methyl/N-ethyl adjacent to an activating group) is 1. The average Bonchev–Trinajstić information content (AvgIpc) is 3.58. The second-order valence-electron chi connectivity index (χ2n) is 10.0. The number of amides is 1. The van der Waals surface area contributed by atoms with E-state index in [9.17, 15) is 13.2 Å². The van der Waals surface area contributed by atoms with Gasteiger partial charge in [-0.15, -0.1) is 12.4 Å². The zero-order valence-electron chi connectivity index (χ0n) is 22.9. The van der Waals surface area contributed by atoms with Gasteiger partial charge in [-0.2, -0.15) is 4.31 Å². The topological polar surface area (TPSA) is 102 Å². The number of ether oxygens (including phenoxy) is 3. The molecule has 1 fully saturated rings. The Morgan fingerprint density at radius 1 is 1.02 bits per heavy atom. The van der Waals surface area contributed by atoms with E-state index in [-0.39, 0.29) is 29.3 Å². The maximum Gasteiger partial charge on any atom is 0.260 e. The molecule has 1 aromatic heterocycles. The van der Waals surface area contributed by atoms with Gasteiger partial charge in [-0.3, -0.25) is 9.69 Å². The van der Waals surface area contributed by atoms with Gasteiger partial charge in [0.15, 0.2) is 16.6 Å². The van der Waals surface area contributed by atoms with Gasteiger partial charge in [0, 0.05) is 44.4 Å². The fourth-order valence-electron chi connectivity index (χ4n) is 4.68. The molecule has 0 aliphatic carbocycles. The van der Waals surface area contributed by atoms with Crippen molar-refractivity contribution < 1.29 is 27.4 Å². The molecule has 2 aliphatic heterocycles. The van der Waals surface area contributed by atoms with E-state index in [0.717, 1.165) is 36.0 Å². The molecule has 3 aromatic rings. The van der Waals surface area contributed by atoms with E-state index in [1.165, 1.54) is 27.8 Å². The Hall–Kier alpha value is -2.48. The summed E-state index contributed by atoms with van der Waals surface area (Å²) in [4.78, 5) is 22.4. The van der Waals surface area contributed by atoms with Crippen LogP contribution in [0.4, 0.5) is 5.13 Å². The molecule has 0 bridgehead atoms. The summed E-state index contributed by atoms with van der Waals surface area (Å²) in [6, 6.07) is 9.88. The number of benzene rings is 2. The van der Waals surface area contributed by atoms with Gasteiger partial charge in [0.25, 0.3) is 5.91 Å². The van der Waals surface area contributed by atoms with Crippen molar-refractivity contribution >= 4 is 55.0 Å². The fraction of sp³-hybridized carbons (Fsp3) is 0.481. The van der Waals surface area contributed by atoms with Crippen LogP contribution in [-0.2, 0) is 14.8 Å². The van der Waals surface area contributed by atoms with E-state index in [0.29, 0.717) is 55.1 Å². The molecular formula is C27H35ClN4O6S2. The number of fused-ring (bicyclic) bond motifs is 2. The van der Waals surface area contributed by atoms with Gasteiger partial charge in [-0.05, 0) is 64.2 Å². The van der Waals surface area contributed by atoms with Crippen LogP contribution in [0.5, 0.6) is 11.5 Å². The maximum atomic E-state index is 13.7. The molecule has 10 nitrogen and oxygen atoms in total. The van der Waals surface area contributed by atoms with Crippen LogP contribution in [-0.4, -0.2) is 95.2 Å². The first-order chi connectivity index (χ1) is 18.7. The number of sulfonamides is 1. The standard InChI is InChI=1S/C27H34N4O6S2.ClH/c1-29(2)11-5-12-31(27-28-22-16-23-24(17-25(22)38-27)37-15-14-36-23)26(32)19-7-9-21(10-8-19)39(33,34)30(3)18-20-6-4-13-35-20;/h7-10,16-17,20H,4-6,11-15,18H2,1-3H3;1H. The molecule has 3 heterocycles. The van der Waals surface area contributed by atoms with Crippen LogP contribution in [0.3, 0.4) is 0 Å². The first-order valence-electron chi connectivity index (χ1n) is 13.1. The fourth-order valence-corrected chi connectivity index (χ4v) is 6.88. The van der Waals surface area contributed by atoms with E-state index < -0.39 is 10.0 Å². The van der Waals surface area contributed by atoms with Crippen LogP contribution in [0, 0.1) is 0 Å². The molecule has 0 radical (unpaired) electrons. The average molecular weight is 611 g/mol. The maximum absolute atomic E-state index is 13.7. The largest absolute Gasteiger partial charge is 0.486 e. The highest BCUT2D eigenvalue weighted by molar-refractivity contribution is 7.89. The van der Waals surface area contributed by atoms with Crippen molar-refractivity contribution in [3.05, 3.63) is 42.0 Å². The number of hydrogen-bond donors (Lipinski definition) is 0. The minimum atomic E-state index is -3.70. The van der Waals surface area contributed by atoms with Crippen molar-refractivity contribution in [1.82, 2.24) is 14.2 Å². The molecular weight excluding hydrogens is 576 g/mol. The first-order valence-corrected chi connectivity index (χ1v) is 15.3. The summed E-state index contributed by atoms with van der Waals surface area (Å²) in [5.41, 5.74) is 1.13. The molecule has 0 saturated carbocycles. The molecule has 1 unspecified atom stereocenters. The Morgan fingerprint density at radius 2 is 1.73 bits per heavy atom. The second kappa shape index (κ2) is 13.0. The summed E-state index contributed by atoms with van der Waals surface area (Å²) < 4.78 is 45.4. The van der Waals surface area contributed by atoms with Gasteiger partial charge in [0.05, 0.1) is 21.2 Å². The lowest BCUT2D eigenvalue weighted by Crippen LogP contribution is -2.34. The summed E-state index contributed by atoms with van der Waals surface area (Å²) in [6.45, 7) is 3.22. The molecule has 1 saturated heterocycles. The van der Waals surface area contributed by atoms with Crippen LogP contribution in [0.2, 0.25) is 0 Å². The van der Waals surface area contributed by atoms with Gasteiger partial charge in [0.1, 0.15) is 13.2 Å². The highest BCUT2D eigenvalue weighted by Crippen LogP contribution is 2.39. The van der Waals surface area contributed by atoms with Crippen LogP contribution in [0.1, 0.15) is 29.6 Å². The third-order valence-electron chi connectivity index (χ3n) is 6.80. The molecule has 2 aliphatic rings. The number of thiazole rings is 1. The molecule has 5 rings (SSSR count). The van der Waals surface area contributed by atoms with Crippen molar-refractivity contribution in [3.63, 3.8) is 0 Å². The number of rotatable bonds is 10. The number of halogens is 1. The predicted octanol–water partition coefficient (Wildman–Crippen LogP) is 3.89. The Morgan fingerprint density at radius 3 is 2.38 bits per heavy atom. The van der Waals surface area contributed by atoms with E-state index >= 15 is 0 Å². The van der Waals surface area contributed by atoms with Crippen LogP contribution in [0.25, 0.3) is 10.2 Å². The summed E-state index contributed by atoms with van der Waals surface area (Å²) in [7, 11) is 1.84. The number of anilines is 1. The highest BCUT2D eigenvalue weighted by Gasteiger charge is 2.27. The third-order valence-corrected chi connectivity index (χ3v) is 9.68. The zero-order chi connectivity index (χ0) is 27.6. The van der Waals surface area contributed by atoms with Gasteiger partial charge in [0.2, 0.25) is 10.0 Å². The van der Waals surface area contributed by atoms with Gasteiger partial charge >= 0.3 is 0 Å². The molecule has 0 spiro atoms. The van der Waals surface area contributed by atoms with Crippen molar-refractivity contribution in [2.75, 3.05) is 65.5 Å². The van der Waals surface area contributed by atoms with E-state index in [1.807, 2.05) is 26.2 Å². The number of nitrogens with zero attached hydrogens (tertiary/aromatic N) is 4. The molecule has 1 atom stereocenters. The molecule has 1 amide bonds. The first kappa shape index (κ1) is 30.5. The lowest BCUT2D eigenvalue weighted by Gasteiger charge is -2.22. The minimum absolute atomic E-state index is 0. The zero-order valence-corrected chi connectivity index (χ0v) is 25.3. The van der Waals surface area contributed by atoms with Crippen molar-refractivity contribution in [2.24, 2.45) is 0 Å². The molecule has 13 heteroatoms. The summed E-state index contributed by atoms with van der Waals surface area (Å²) in [5.74, 6) is 1.09. The van der Waals surface area contributed by atoms with Crippen LogP contribution >= 0.6 is 23.7 Å². The molecule has 2 aromatic carbocycles. The van der Waals surface area contributed by atoms with E-state index in [1.54, 1.807) is 24.1 Å². The highest BCUT2D eigenvalue weighted by atomic mass is 35.5. The normalized spacial score (nSPS) is 16.9. The molecule has 0 N–H and O–H groups in total. The third kappa shape index (κ3) is 6.69. The lowest BCUT2D eigenvalue weighted by molar-refractivity contribution is 0.0978. The Labute approximate surface area is 245 Å². The smallest absolute Gasteiger partial charge is 0.260 e. The number of aromatic nitrogens is 1. The number of carbonyl (C=O) groups is 1. The Balaban J connectivity index is 0.00000370. The van der Waals surface area contributed by atoms with Crippen molar-refractivity contribution in [3.8, 4) is 11.5 Å². The SMILES string of the molecule is CN(C)CCCN(C(=O)c1ccc(S(=O)(=O)N(C)CC2CCCO2)cc1)c1nc2cc3c(cc2s1)OCCO3.Cl. The van der Waals surface area contributed by atoms with Gasteiger partial charge in [-0.1, -0.05) is 11.3 Å². The Bertz CT molecular complexity index is 1380.